The van der Waals surface area contributed by atoms with Crippen molar-refractivity contribution in [2.75, 3.05) is 5.32 Å². The minimum atomic E-state index is -4.42. The van der Waals surface area contributed by atoms with Gasteiger partial charge in [0, 0.05) is 17.6 Å². The molecule has 1 aromatic rings. The highest BCUT2D eigenvalue weighted by Gasteiger charge is 2.40. The number of carbonyl (C=O) groups excluding carboxylic acids is 1. The van der Waals surface area contributed by atoms with Crippen molar-refractivity contribution in [3.05, 3.63) is 29.8 Å². The van der Waals surface area contributed by atoms with Crippen molar-refractivity contribution in [3.63, 3.8) is 0 Å². The Bertz CT molecular complexity index is 576. The van der Waals surface area contributed by atoms with Crippen LogP contribution in [0.4, 0.5) is 18.9 Å². The van der Waals surface area contributed by atoms with Crippen LogP contribution in [0.15, 0.2) is 24.3 Å². The second-order valence-electron chi connectivity index (χ2n) is 6.24. The first kappa shape index (κ1) is 16.3. The molecule has 0 bridgehead atoms. The zero-order valence-corrected chi connectivity index (χ0v) is 12.6. The molecule has 0 radical (unpaired) electrons. The number of rotatable bonds is 2. The summed E-state index contributed by atoms with van der Waals surface area (Å²) >= 11 is 0. The normalized spacial score (nSPS) is 28.0. The largest absolute Gasteiger partial charge is 0.416 e. The third-order valence-corrected chi connectivity index (χ3v) is 4.66. The molecule has 1 saturated carbocycles. The molecule has 1 heterocycles. The highest BCUT2D eigenvalue weighted by atomic mass is 19.4. The summed E-state index contributed by atoms with van der Waals surface area (Å²) in [6, 6.07) is 4.58. The highest BCUT2D eigenvalue weighted by molar-refractivity contribution is 5.95. The van der Waals surface area contributed by atoms with Crippen molar-refractivity contribution in [1.82, 2.24) is 10.9 Å². The van der Waals surface area contributed by atoms with Gasteiger partial charge in [-0.05, 0) is 31.0 Å². The number of benzene rings is 1. The summed E-state index contributed by atoms with van der Waals surface area (Å²) in [5.74, 6) is -0.102. The SMILES string of the molecule is O=C(Nc1cccc(C(F)(F)F)c1)C1NNC2CCCCCC21. The summed E-state index contributed by atoms with van der Waals surface area (Å²) in [5.41, 5.74) is 5.57. The van der Waals surface area contributed by atoms with E-state index in [1.807, 2.05) is 0 Å². The lowest BCUT2D eigenvalue weighted by Crippen LogP contribution is -2.42. The van der Waals surface area contributed by atoms with Gasteiger partial charge in [0.2, 0.25) is 5.91 Å². The van der Waals surface area contributed by atoms with Crippen LogP contribution in [-0.4, -0.2) is 18.0 Å². The fourth-order valence-electron chi connectivity index (χ4n) is 3.47. The van der Waals surface area contributed by atoms with Crippen molar-refractivity contribution >= 4 is 11.6 Å². The zero-order valence-electron chi connectivity index (χ0n) is 12.6. The van der Waals surface area contributed by atoms with Crippen molar-refractivity contribution < 1.29 is 18.0 Å². The number of nitrogens with one attached hydrogen (secondary N) is 3. The van der Waals surface area contributed by atoms with Crippen LogP contribution in [0.3, 0.4) is 0 Å². The maximum Gasteiger partial charge on any atom is 0.416 e. The maximum atomic E-state index is 12.7. The summed E-state index contributed by atoms with van der Waals surface area (Å²) in [6.45, 7) is 0. The summed E-state index contributed by atoms with van der Waals surface area (Å²) in [4.78, 5) is 12.4. The molecule has 2 aliphatic rings. The molecule has 126 valence electrons. The van der Waals surface area contributed by atoms with Gasteiger partial charge in [-0.15, -0.1) is 0 Å². The number of carbonyl (C=O) groups is 1. The molecule has 3 rings (SSSR count). The predicted octanol–water partition coefficient (Wildman–Crippen LogP) is 3.07. The molecule has 2 fully saturated rings. The quantitative estimate of drug-likeness (QED) is 0.782. The molecule has 1 aliphatic carbocycles. The van der Waals surface area contributed by atoms with E-state index in [0.717, 1.165) is 44.2 Å². The Hall–Kier alpha value is -1.60. The lowest BCUT2D eigenvalue weighted by Gasteiger charge is -2.20. The molecule has 1 saturated heterocycles. The maximum absolute atomic E-state index is 12.7. The molecule has 7 heteroatoms. The first-order valence-corrected chi connectivity index (χ1v) is 7.94. The van der Waals surface area contributed by atoms with Crippen LogP contribution >= 0.6 is 0 Å². The molecule has 0 aromatic heterocycles. The molecule has 4 nitrogen and oxygen atoms in total. The summed E-state index contributed by atoms with van der Waals surface area (Å²) < 4.78 is 38.2. The van der Waals surface area contributed by atoms with E-state index in [0.29, 0.717) is 0 Å². The summed E-state index contributed by atoms with van der Waals surface area (Å²) in [7, 11) is 0. The molecule has 3 atom stereocenters. The Kier molecular flexibility index (Phi) is 4.59. The van der Waals surface area contributed by atoms with E-state index in [-0.39, 0.29) is 23.6 Å². The minimum Gasteiger partial charge on any atom is -0.325 e. The fraction of sp³-hybridized carbons (Fsp3) is 0.562. The molecule has 1 aromatic carbocycles. The minimum absolute atomic E-state index is 0.170. The smallest absolute Gasteiger partial charge is 0.325 e. The molecular formula is C16H20F3N3O. The third kappa shape index (κ3) is 3.67. The van der Waals surface area contributed by atoms with E-state index in [1.54, 1.807) is 0 Å². The topological polar surface area (TPSA) is 53.2 Å². The Morgan fingerprint density at radius 3 is 2.70 bits per heavy atom. The molecule has 3 unspecified atom stereocenters. The number of alkyl halides is 3. The van der Waals surface area contributed by atoms with Gasteiger partial charge in [-0.2, -0.15) is 13.2 Å². The number of fused-ring (bicyclic) bond motifs is 1. The molecule has 1 amide bonds. The number of amides is 1. The number of halogens is 3. The van der Waals surface area contributed by atoms with Crippen LogP contribution in [0, 0.1) is 5.92 Å². The lowest BCUT2D eigenvalue weighted by atomic mass is 9.89. The van der Waals surface area contributed by atoms with Crippen molar-refractivity contribution in [2.24, 2.45) is 5.92 Å². The highest BCUT2D eigenvalue weighted by Crippen LogP contribution is 2.32. The Balaban J connectivity index is 1.69. The van der Waals surface area contributed by atoms with E-state index in [2.05, 4.69) is 16.2 Å². The van der Waals surface area contributed by atoms with Crippen LogP contribution < -0.4 is 16.2 Å². The van der Waals surface area contributed by atoms with E-state index in [9.17, 15) is 18.0 Å². The monoisotopic (exact) mass is 327 g/mol. The van der Waals surface area contributed by atoms with Gasteiger partial charge in [-0.1, -0.05) is 25.3 Å². The lowest BCUT2D eigenvalue weighted by molar-refractivity contribution is -0.137. The van der Waals surface area contributed by atoms with Gasteiger partial charge in [-0.25, -0.2) is 5.43 Å². The Morgan fingerprint density at radius 2 is 1.91 bits per heavy atom. The van der Waals surface area contributed by atoms with Crippen LogP contribution in [0.25, 0.3) is 0 Å². The molecule has 1 aliphatic heterocycles. The summed E-state index contributed by atoms with van der Waals surface area (Å²) in [6.07, 6.45) is 0.933. The summed E-state index contributed by atoms with van der Waals surface area (Å²) in [5, 5.41) is 2.61. The molecule has 0 spiro atoms. The van der Waals surface area contributed by atoms with Gasteiger partial charge in [-0.3, -0.25) is 10.2 Å². The van der Waals surface area contributed by atoms with Gasteiger partial charge in [0.1, 0.15) is 6.04 Å². The number of hydrogen-bond donors (Lipinski definition) is 3. The zero-order chi connectivity index (χ0) is 16.4. The first-order chi connectivity index (χ1) is 10.9. The van der Waals surface area contributed by atoms with E-state index in [1.165, 1.54) is 12.1 Å². The van der Waals surface area contributed by atoms with Crippen molar-refractivity contribution in [2.45, 2.75) is 50.4 Å². The van der Waals surface area contributed by atoms with E-state index in [4.69, 9.17) is 0 Å². The van der Waals surface area contributed by atoms with Gasteiger partial charge in [0.15, 0.2) is 0 Å². The second-order valence-corrected chi connectivity index (χ2v) is 6.24. The third-order valence-electron chi connectivity index (χ3n) is 4.66. The van der Waals surface area contributed by atoms with Crippen molar-refractivity contribution in [1.29, 1.82) is 0 Å². The van der Waals surface area contributed by atoms with Gasteiger partial charge < -0.3 is 5.32 Å². The number of hydrogen-bond acceptors (Lipinski definition) is 3. The predicted molar refractivity (Wildman–Crippen MR) is 80.5 cm³/mol. The Morgan fingerprint density at radius 1 is 1.13 bits per heavy atom. The average molecular weight is 327 g/mol. The second kappa shape index (κ2) is 6.49. The number of anilines is 1. The fourth-order valence-corrected chi connectivity index (χ4v) is 3.47. The molecular weight excluding hydrogens is 307 g/mol. The van der Waals surface area contributed by atoms with Crippen molar-refractivity contribution in [3.8, 4) is 0 Å². The average Bonchev–Trinajstić information content (AvgIpc) is 2.76. The van der Waals surface area contributed by atoms with Crippen LogP contribution in [-0.2, 0) is 11.0 Å². The van der Waals surface area contributed by atoms with Crippen LogP contribution in [0.2, 0.25) is 0 Å². The molecule has 3 N–H and O–H groups in total. The standard InChI is InChI=1S/C16H20F3N3O/c17-16(18,19)10-5-4-6-11(9-10)20-15(23)14-12-7-2-1-3-8-13(12)21-22-14/h4-6,9,12-14,21-22H,1-3,7-8H2,(H,20,23). The van der Waals surface area contributed by atoms with Crippen LogP contribution in [0.1, 0.15) is 37.7 Å². The van der Waals surface area contributed by atoms with Gasteiger partial charge in [0.25, 0.3) is 0 Å². The first-order valence-electron chi connectivity index (χ1n) is 7.94. The van der Waals surface area contributed by atoms with Gasteiger partial charge >= 0.3 is 6.18 Å². The van der Waals surface area contributed by atoms with Crippen LogP contribution in [0.5, 0.6) is 0 Å². The molecule has 23 heavy (non-hydrogen) atoms. The number of hydrazine groups is 1. The Labute approximate surface area is 132 Å². The van der Waals surface area contributed by atoms with Gasteiger partial charge in [0.05, 0.1) is 5.56 Å². The van der Waals surface area contributed by atoms with E-state index >= 15 is 0 Å². The van der Waals surface area contributed by atoms with E-state index < -0.39 is 17.8 Å².